The molecule has 26 heavy (non-hydrogen) atoms. The molecule has 0 saturated carbocycles. The second-order valence-electron chi connectivity index (χ2n) is 7.70. The summed E-state index contributed by atoms with van der Waals surface area (Å²) in [6.45, 7) is 4.87. The van der Waals surface area contributed by atoms with Crippen LogP contribution in [0.15, 0.2) is 30.3 Å². The van der Waals surface area contributed by atoms with Crippen molar-refractivity contribution < 1.29 is 9.59 Å². The van der Waals surface area contributed by atoms with Crippen molar-refractivity contribution in [3.63, 3.8) is 0 Å². The molecule has 3 N–H and O–H groups in total. The zero-order valence-electron chi connectivity index (χ0n) is 15.6. The molecular weight excluding hydrogens is 328 g/mol. The van der Waals surface area contributed by atoms with Crippen LogP contribution in [0, 0.1) is 5.92 Å². The Labute approximate surface area is 155 Å². The molecule has 6 nitrogen and oxygen atoms in total. The lowest BCUT2D eigenvalue weighted by Crippen LogP contribution is -2.45. The van der Waals surface area contributed by atoms with Gasteiger partial charge in [0, 0.05) is 56.8 Å². The summed E-state index contributed by atoms with van der Waals surface area (Å²) in [7, 11) is 0. The highest BCUT2D eigenvalue weighted by atomic mass is 16.2. The maximum atomic E-state index is 12.7. The number of carbonyl (C=O) groups is 2. The average Bonchev–Trinajstić information content (AvgIpc) is 3.20. The van der Waals surface area contributed by atoms with Crippen molar-refractivity contribution in [1.29, 1.82) is 0 Å². The third kappa shape index (κ3) is 4.75. The first-order valence-electron chi connectivity index (χ1n) is 9.64. The number of nitrogens with zero attached hydrogens (tertiary/aromatic N) is 2. The Hall–Kier alpha value is -2.08. The van der Waals surface area contributed by atoms with E-state index < -0.39 is 0 Å². The number of nitrogens with one attached hydrogen (secondary N) is 1. The number of carbonyl (C=O) groups excluding carboxylic acids is 2. The van der Waals surface area contributed by atoms with E-state index in [-0.39, 0.29) is 23.9 Å². The van der Waals surface area contributed by atoms with Crippen LogP contribution in [0.3, 0.4) is 0 Å². The Kier molecular flexibility index (Phi) is 6.14. The minimum absolute atomic E-state index is 0.106. The zero-order chi connectivity index (χ0) is 18.5. The summed E-state index contributed by atoms with van der Waals surface area (Å²) in [5.41, 5.74) is 7.26. The Balaban J connectivity index is 1.47. The predicted octanol–water partition coefficient (Wildman–Crippen LogP) is 1.68. The molecule has 2 amide bonds. The number of nitrogens with two attached hydrogens (primary N) is 1. The molecule has 3 rings (SSSR count). The van der Waals surface area contributed by atoms with E-state index in [9.17, 15) is 9.59 Å². The van der Waals surface area contributed by atoms with E-state index in [0.717, 1.165) is 38.2 Å². The molecule has 142 valence electrons. The molecule has 0 aromatic heterocycles. The number of amides is 2. The van der Waals surface area contributed by atoms with E-state index in [2.05, 4.69) is 12.2 Å². The summed E-state index contributed by atoms with van der Waals surface area (Å²) >= 11 is 0. The minimum atomic E-state index is -0.292. The second kappa shape index (κ2) is 8.54. The molecule has 1 aromatic carbocycles. The van der Waals surface area contributed by atoms with E-state index in [1.807, 2.05) is 35.2 Å². The van der Waals surface area contributed by atoms with Gasteiger partial charge in [0.1, 0.15) is 0 Å². The topological polar surface area (TPSA) is 78.7 Å². The minimum Gasteiger partial charge on any atom is -0.383 e. The van der Waals surface area contributed by atoms with Gasteiger partial charge in [-0.2, -0.15) is 0 Å². The molecule has 2 aliphatic rings. The molecule has 1 aromatic rings. The normalized spacial score (nSPS) is 24.2. The molecule has 3 atom stereocenters. The van der Waals surface area contributed by atoms with Crippen LogP contribution in [-0.4, -0.2) is 59.9 Å². The first-order chi connectivity index (χ1) is 12.5. The molecule has 6 heteroatoms. The maximum absolute atomic E-state index is 12.7. The van der Waals surface area contributed by atoms with E-state index in [1.54, 1.807) is 4.90 Å². The van der Waals surface area contributed by atoms with Gasteiger partial charge in [-0.05, 0) is 30.9 Å². The Morgan fingerprint density at radius 2 is 2.12 bits per heavy atom. The monoisotopic (exact) mass is 358 g/mol. The number of anilines is 1. The summed E-state index contributed by atoms with van der Waals surface area (Å²) in [5, 5.41) is 3.42. The lowest BCUT2D eigenvalue weighted by molar-refractivity contribution is -0.133. The van der Waals surface area contributed by atoms with Crippen molar-refractivity contribution in [3.05, 3.63) is 30.3 Å². The maximum Gasteiger partial charge on any atom is 0.224 e. The van der Waals surface area contributed by atoms with Crippen molar-refractivity contribution in [3.8, 4) is 0 Å². The highest BCUT2D eigenvalue weighted by molar-refractivity contribution is 5.79. The van der Waals surface area contributed by atoms with Crippen LogP contribution in [0.1, 0.15) is 32.6 Å². The molecule has 0 bridgehead atoms. The smallest absolute Gasteiger partial charge is 0.224 e. The zero-order valence-corrected chi connectivity index (χ0v) is 15.6. The largest absolute Gasteiger partial charge is 0.383 e. The number of hydrogen-bond acceptors (Lipinski definition) is 4. The van der Waals surface area contributed by atoms with Gasteiger partial charge in [-0.3, -0.25) is 9.59 Å². The molecule has 2 fully saturated rings. The lowest BCUT2D eigenvalue weighted by atomic mass is 10.1. The van der Waals surface area contributed by atoms with Crippen LogP contribution >= 0.6 is 0 Å². The fourth-order valence-corrected chi connectivity index (χ4v) is 4.00. The van der Waals surface area contributed by atoms with E-state index in [1.165, 1.54) is 0 Å². The van der Waals surface area contributed by atoms with Gasteiger partial charge in [-0.15, -0.1) is 0 Å². The highest BCUT2D eigenvalue weighted by Crippen LogP contribution is 2.21. The number of likely N-dealkylation sites (tertiary alicyclic amines) is 2. The van der Waals surface area contributed by atoms with Crippen LogP contribution < -0.4 is 11.1 Å². The van der Waals surface area contributed by atoms with Crippen LogP contribution in [-0.2, 0) is 9.59 Å². The van der Waals surface area contributed by atoms with E-state index >= 15 is 0 Å². The van der Waals surface area contributed by atoms with Crippen molar-refractivity contribution in [2.75, 3.05) is 31.5 Å². The summed E-state index contributed by atoms with van der Waals surface area (Å²) in [6, 6.07) is 9.97. The van der Waals surface area contributed by atoms with Crippen molar-refractivity contribution in [2.24, 2.45) is 11.7 Å². The van der Waals surface area contributed by atoms with Gasteiger partial charge in [-0.1, -0.05) is 25.1 Å². The first-order valence-corrected chi connectivity index (χ1v) is 9.64. The summed E-state index contributed by atoms with van der Waals surface area (Å²) in [6.07, 6.45) is 2.95. The van der Waals surface area contributed by atoms with Crippen molar-refractivity contribution >= 4 is 17.5 Å². The van der Waals surface area contributed by atoms with Gasteiger partial charge < -0.3 is 20.9 Å². The summed E-state index contributed by atoms with van der Waals surface area (Å²) < 4.78 is 0. The average molecular weight is 358 g/mol. The van der Waals surface area contributed by atoms with Gasteiger partial charge >= 0.3 is 0 Å². The van der Waals surface area contributed by atoms with Crippen molar-refractivity contribution in [1.82, 2.24) is 9.80 Å². The van der Waals surface area contributed by atoms with Gasteiger partial charge in [-0.25, -0.2) is 0 Å². The Bertz CT molecular complexity index is 621. The van der Waals surface area contributed by atoms with Crippen LogP contribution in [0.4, 0.5) is 5.69 Å². The number of para-hydroxylation sites is 1. The number of rotatable bonds is 7. The van der Waals surface area contributed by atoms with Crippen LogP contribution in [0.25, 0.3) is 0 Å². The highest BCUT2D eigenvalue weighted by Gasteiger charge is 2.31. The fraction of sp³-hybridized carbons (Fsp3) is 0.600. The summed E-state index contributed by atoms with van der Waals surface area (Å²) in [5.74, 6) is 0.651. The number of benzene rings is 1. The molecule has 2 heterocycles. The standard InChI is InChI=1S/C20H30N4O2/c1-15-10-19(25)23(13-15)14-16(21)11-20(26)24-9-5-8-18(24)12-22-17-6-3-2-4-7-17/h2-4,6-7,15-16,18,22H,5,8-14,21H2,1H3/t15?,16-,18+/m1/s1. The second-order valence-corrected chi connectivity index (χ2v) is 7.70. The molecule has 1 unspecified atom stereocenters. The van der Waals surface area contributed by atoms with Crippen LogP contribution in [0.5, 0.6) is 0 Å². The quantitative estimate of drug-likeness (QED) is 0.777. The molecule has 2 aliphatic heterocycles. The van der Waals surface area contributed by atoms with Gasteiger partial charge in [0.15, 0.2) is 0 Å². The molecule has 0 aliphatic carbocycles. The molecule has 0 radical (unpaired) electrons. The fourth-order valence-electron chi connectivity index (χ4n) is 4.00. The lowest BCUT2D eigenvalue weighted by Gasteiger charge is -2.27. The summed E-state index contributed by atoms with van der Waals surface area (Å²) in [4.78, 5) is 28.4. The van der Waals surface area contributed by atoms with E-state index in [0.29, 0.717) is 25.3 Å². The van der Waals surface area contributed by atoms with Gasteiger partial charge in [0.2, 0.25) is 11.8 Å². The Morgan fingerprint density at radius 1 is 1.35 bits per heavy atom. The van der Waals surface area contributed by atoms with Crippen LogP contribution in [0.2, 0.25) is 0 Å². The first kappa shape index (κ1) is 18.7. The number of hydrogen-bond donors (Lipinski definition) is 2. The molecule has 0 spiro atoms. The van der Waals surface area contributed by atoms with Gasteiger partial charge in [0.25, 0.3) is 0 Å². The third-order valence-corrected chi connectivity index (χ3v) is 5.31. The Morgan fingerprint density at radius 3 is 2.81 bits per heavy atom. The van der Waals surface area contributed by atoms with E-state index in [4.69, 9.17) is 5.73 Å². The third-order valence-electron chi connectivity index (χ3n) is 5.31. The van der Waals surface area contributed by atoms with Gasteiger partial charge in [0.05, 0.1) is 0 Å². The van der Waals surface area contributed by atoms with Crippen molar-refractivity contribution in [2.45, 2.75) is 44.7 Å². The predicted molar refractivity (Wildman–Crippen MR) is 103 cm³/mol. The SMILES string of the molecule is CC1CC(=O)N(C[C@H](N)CC(=O)N2CCC[C@H]2CNc2ccccc2)C1. The molecule has 2 saturated heterocycles. The molecular formula is C20H30N4O2.